The molecule has 0 unspecified atom stereocenters. The van der Waals surface area contributed by atoms with Crippen LogP contribution < -0.4 is 0 Å². The van der Waals surface area contributed by atoms with Crippen LogP contribution in [0.25, 0.3) is 0 Å². The molecule has 0 spiro atoms. The predicted molar refractivity (Wildman–Crippen MR) is 46.4 cm³/mol. The first kappa shape index (κ1) is 10.9. The Morgan fingerprint density at radius 1 is 1.27 bits per heavy atom. The summed E-state index contributed by atoms with van der Waals surface area (Å²) >= 11 is 0. The van der Waals surface area contributed by atoms with Crippen LogP contribution in [0.4, 0.5) is 0 Å². The van der Waals surface area contributed by atoms with Gasteiger partial charge in [-0.05, 0) is 26.2 Å². The first-order valence-electron chi connectivity index (χ1n) is 4.21. The molecule has 0 aromatic heterocycles. The van der Waals surface area contributed by atoms with Gasteiger partial charge in [0.05, 0.1) is 11.7 Å². The summed E-state index contributed by atoms with van der Waals surface area (Å²) in [6.45, 7) is 7.56. The van der Waals surface area contributed by atoms with E-state index in [-0.39, 0.29) is 6.10 Å². The molecule has 2 nitrogen and oxygen atoms in total. The van der Waals surface area contributed by atoms with Crippen molar-refractivity contribution in [3.63, 3.8) is 0 Å². The average molecular weight is 160 g/mol. The molecule has 0 aliphatic rings. The molecule has 0 aliphatic heterocycles. The van der Waals surface area contributed by atoms with Crippen LogP contribution in [-0.4, -0.2) is 21.9 Å². The molecule has 2 heteroatoms. The lowest BCUT2D eigenvalue weighted by Gasteiger charge is -2.22. The van der Waals surface area contributed by atoms with Crippen molar-refractivity contribution < 1.29 is 10.2 Å². The monoisotopic (exact) mass is 160 g/mol. The van der Waals surface area contributed by atoms with Gasteiger partial charge in [-0.15, -0.1) is 0 Å². The number of hydrogen-bond acceptors (Lipinski definition) is 2. The van der Waals surface area contributed by atoms with E-state index in [0.29, 0.717) is 12.3 Å². The molecule has 0 aromatic carbocycles. The summed E-state index contributed by atoms with van der Waals surface area (Å²) in [4.78, 5) is 0. The maximum absolute atomic E-state index is 9.40. The number of hydrogen-bond donors (Lipinski definition) is 2. The summed E-state index contributed by atoms with van der Waals surface area (Å²) in [7, 11) is 0. The SMILES string of the molecule is CC(C)C[C@H](O)CC(C)(C)O. The summed E-state index contributed by atoms with van der Waals surface area (Å²) in [6.07, 6.45) is 0.866. The highest BCUT2D eigenvalue weighted by molar-refractivity contribution is 4.71. The minimum absolute atomic E-state index is 0.366. The molecule has 0 aromatic rings. The third-order valence-corrected chi connectivity index (χ3v) is 1.48. The Bertz CT molecular complexity index is 103. The van der Waals surface area contributed by atoms with Crippen molar-refractivity contribution in [3.05, 3.63) is 0 Å². The van der Waals surface area contributed by atoms with E-state index in [1.54, 1.807) is 13.8 Å². The molecular weight excluding hydrogens is 140 g/mol. The molecule has 0 radical (unpaired) electrons. The lowest BCUT2D eigenvalue weighted by atomic mass is 9.95. The summed E-state index contributed by atoms with van der Waals surface area (Å²) in [6, 6.07) is 0. The van der Waals surface area contributed by atoms with Gasteiger partial charge in [0.1, 0.15) is 0 Å². The van der Waals surface area contributed by atoms with Crippen molar-refractivity contribution >= 4 is 0 Å². The first-order valence-corrected chi connectivity index (χ1v) is 4.21. The van der Waals surface area contributed by atoms with Crippen molar-refractivity contribution in [1.82, 2.24) is 0 Å². The van der Waals surface area contributed by atoms with Gasteiger partial charge >= 0.3 is 0 Å². The van der Waals surface area contributed by atoms with Crippen molar-refractivity contribution in [2.75, 3.05) is 0 Å². The van der Waals surface area contributed by atoms with Crippen LogP contribution in [0.2, 0.25) is 0 Å². The zero-order valence-corrected chi connectivity index (χ0v) is 7.96. The van der Waals surface area contributed by atoms with Gasteiger partial charge in [-0.3, -0.25) is 0 Å². The minimum Gasteiger partial charge on any atom is -0.393 e. The minimum atomic E-state index is -0.742. The van der Waals surface area contributed by atoms with Crippen molar-refractivity contribution in [3.8, 4) is 0 Å². The molecule has 68 valence electrons. The third-order valence-electron chi connectivity index (χ3n) is 1.48. The average Bonchev–Trinajstić information content (AvgIpc) is 1.53. The highest BCUT2D eigenvalue weighted by atomic mass is 16.3. The van der Waals surface area contributed by atoms with E-state index < -0.39 is 5.60 Å². The van der Waals surface area contributed by atoms with E-state index in [1.807, 2.05) is 0 Å². The Morgan fingerprint density at radius 2 is 1.73 bits per heavy atom. The molecule has 1 atom stereocenters. The molecule has 0 fully saturated rings. The highest BCUT2D eigenvalue weighted by Crippen LogP contribution is 2.15. The van der Waals surface area contributed by atoms with Gasteiger partial charge < -0.3 is 10.2 Å². The van der Waals surface area contributed by atoms with Crippen molar-refractivity contribution in [2.45, 2.75) is 52.2 Å². The van der Waals surface area contributed by atoms with E-state index in [1.165, 1.54) is 0 Å². The van der Waals surface area contributed by atoms with E-state index in [0.717, 1.165) is 6.42 Å². The zero-order valence-electron chi connectivity index (χ0n) is 7.96. The molecule has 0 saturated heterocycles. The maximum Gasteiger partial charge on any atom is 0.0616 e. The molecule has 0 bridgehead atoms. The number of aliphatic hydroxyl groups excluding tert-OH is 1. The Labute approximate surface area is 69.2 Å². The molecule has 11 heavy (non-hydrogen) atoms. The standard InChI is InChI=1S/C9H20O2/c1-7(2)5-8(10)6-9(3,4)11/h7-8,10-11H,5-6H2,1-4H3/t8-/m0/s1. The quantitative estimate of drug-likeness (QED) is 0.655. The van der Waals surface area contributed by atoms with Crippen LogP contribution in [0.3, 0.4) is 0 Å². The second kappa shape index (κ2) is 4.07. The van der Waals surface area contributed by atoms with E-state index in [9.17, 15) is 10.2 Å². The Morgan fingerprint density at radius 3 is 2.00 bits per heavy atom. The van der Waals surface area contributed by atoms with Gasteiger partial charge in [-0.1, -0.05) is 13.8 Å². The Kier molecular flexibility index (Phi) is 4.04. The summed E-state index contributed by atoms with van der Waals surface area (Å²) < 4.78 is 0. The highest BCUT2D eigenvalue weighted by Gasteiger charge is 2.18. The predicted octanol–water partition coefficient (Wildman–Crippen LogP) is 1.55. The largest absolute Gasteiger partial charge is 0.393 e. The van der Waals surface area contributed by atoms with Crippen LogP contribution in [0.1, 0.15) is 40.5 Å². The van der Waals surface area contributed by atoms with Crippen LogP contribution in [-0.2, 0) is 0 Å². The Balaban J connectivity index is 3.61. The summed E-state index contributed by atoms with van der Waals surface area (Å²) in [5.41, 5.74) is -0.742. The van der Waals surface area contributed by atoms with Crippen molar-refractivity contribution in [2.24, 2.45) is 5.92 Å². The van der Waals surface area contributed by atoms with E-state index in [2.05, 4.69) is 13.8 Å². The van der Waals surface area contributed by atoms with Gasteiger partial charge in [0.2, 0.25) is 0 Å². The fraction of sp³-hybridized carbons (Fsp3) is 1.00. The molecule has 0 saturated carbocycles. The number of aliphatic hydroxyl groups is 2. The summed E-state index contributed by atoms with van der Waals surface area (Å²) in [5.74, 6) is 0.493. The second-order valence-electron chi connectivity index (χ2n) is 4.30. The van der Waals surface area contributed by atoms with Crippen LogP contribution in [0.5, 0.6) is 0 Å². The maximum atomic E-state index is 9.40. The topological polar surface area (TPSA) is 40.5 Å². The fourth-order valence-electron chi connectivity index (χ4n) is 1.20. The fourth-order valence-corrected chi connectivity index (χ4v) is 1.20. The van der Waals surface area contributed by atoms with Gasteiger partial charge in [0, 0.05) is 6.42 Å². The van der Waals surface area contributed by atoms with Gasteiger partial charge in [-0.25, -0.2) is 0 Å². The lowest BCUT2D eigenvalue weighted by molar-refractivity contribution is 0.0119. The molecule has 0 amide bonds. The smallest absolute Gasteiger partial charge is 0.0616 e. The van der Waals surface area contributed by atoms with Gasteiger partial charge in [0.25, 0.3) is 0 Å². The van der Waals surface area contributed by atoms with Crippen LogP contribution in [0.15, 0.2) is 0 Å². The Hall–Kier alpha value is -0.0800. The van der Waals surface area contributed by atoms with Gasteiger partial charge in [0.15, 0.2) is 0 Å². The van der Waals surface area contributed by atoms with Gasteiger partial charge in [-0.2, -0.15) is 0 Å². The van der Waals surface area contributed by atoms with E-state index >= 15 is 0 Å². The summed E-state index contributed by atoms with van der Waals surface area (Å²) in [5, 5.41) is 18.7. The molecule has 0 rings (SSSR count). The molecule has 0 aliphatic carbocycles. The molecular formula is C9H20O2. The van der Waals surface area contributed by atoms with Crippen LogP contribution in [0, 0.1) is 5.92 Å². The van der Waals surface area contributed by atoms with Crippen molar-refractivity contribution in [1.29, 1.82) is 0 Å². The lowest BCUT2D eigenvalue weighted by Crippen LogP contribution is -2.26. The number of rotatable bonds is 4. The first-order chi connectivity index (χ1) is 4.81. The normalized spacial score (nSPS) is 15.5. The van der Waals surface area contributed by atoms with Crippen LogP contribution >= 0.6 is 0 Å². The van der Waals surface area contributed by atoms with E-state index in [4.69, 9.17) is 0 Å². The molecule has 2 N–H and O–H groups in total. The zero-order chi connectivity index (χ0) is 9.07. The molecule has 0 heterocycles. The second-order valence-corrected chi connectivity index (χ2v) is 4.30. The third kappa shape index (κ3) is 7.82.